The van der Waals surface area contributed by atoms with Crippen molar-refractivity contribution in [3.8, 4) is 11.5 Å². The van der Waals surface area contributed by atoms with E-state index in [1.54, 1.807) is 13.1 Å². The summed E-state index contributed by atoms with van der Waals surface area (Å²) in [4.78, 5) is 0. The van der Waals surface area contributed by atoms with E-state index in [-0.39, 0.29) is 0 Å². The van der Waals surface area contributed by atoms with Crippen LogP contribution in [-0.2, 0) is 0 Å². The average molecular weight is 195 g/mol. The molecule has 1 aromatic carbocycles. The zero-order valence-electron chi connectivity index (χ0n) is 7.99. The molecule has 76 valence electrons. The van der Waals surface area contributed by atoms with Crippen LogP contribution in [0, 0.1) is 0 Å². The van der Waals surface area contributed by atoms with Crippen LogP contribution in [0.5, 0.6) is 11.5 Å². The Morgan fingerprint density at radius 2 is 2.00 bits per heavy atom. The van der Waals surface area contributed by atoms with Crippen LogP contribution in [0.25, 0.3) is 0 Å². The van der Waals surface area contributed by atoms with Crippen molar-refractivity contribution in [1.82, 2.24) is 5.32 Å². The van der Waals surface area contributed by atoms with Gasteiger partial charge in [0.2, 0.25) is 0 Å². The minimum Gasteiger partial charge on any atom is -0.486 e. The lowest BCUT2D eigenvalue weighted by molar-refractivity contribution is 0.145. The van der Waals surface area contributed by atoms with Crippen molar-refractivity contribution < 1.29 is 14.6 Å². The Morgan fingerprint density at radius 1 is 1.29 bits per heavy atom. The van der Waals surface area contributed by atoms with Crippen LogP contribution in [0.15, 0.2) is 18.2 Å². The third-order valence-corrected chi connectivity index (χ3v) is 2.16. The Bertz CT molecular complexity index is 327. The number of nitrogens with one attached hydrogen (secondary N) is 1. The maximum atomic E-state index is 9.52. The van der Waals surface area contributed by atoms with Crippen molar-refractivity contribution in [2.45, 2.75) is 6.23 Å². The molecule has 1 aliphatic rings. The molecule has 0 spiro atoms. The minimum atomic E-state index is -0.661. The number of hydrogen-bond acceptors (Lipinski definition) is 4. The second kappa shape index (κ2) is 3.86. The maximum absolute atomic E-state index is 9.52. The molecule has 0 aromatic heterocycles. The fourth-order valence-electron chi connectivity index (χ4n) is 1.40. The standard InChI is InChI=1S/C10H13NO3/c1-11-10(12)7-2-3-8-9(6-7)14-5-4-13-8/h2-3,6,10-12H,4-5H2,1H3. The molecule has 1 aliphatic heterocycles. The van der Waals surface area contributed by atoms with E-state index in [1.165, 1.54) is 0 Å². The minimum absolute atomic E-state index is 0.562. The number of ether oxygens (including phenoxy) is 2. The average Bonchev–Trinajstić information content (AvgIpc) is 2.27. The summed E-state index contributed by atoms with van der Waals surface area (Å²) >= 11 is 0. The molecule has 2 N–H and O–H groups in total. The van der Waals surface area contributed by atoms with Crippen molar-refractivity contribution in [1.29, 1.82) is 0 Å². The largest absolute Gasteiger partial charge is 0.486 e. The van der Waals surface area contributed by atoms with E-state index in [9.17, 15) is 5.11 Å². The summed E-state index contributed by atoms with van der Waals surface area (Å²) in [6, 6.07) is 5.41. The molecule has 0 saturated heterocycles. The first-order valence-corrected chi connectivity index (χ1v) is 4.56. The molecular formula is C10H13NO3. The summed E-state index contributed by atoms with van der Waals surface area (Å²) < 4.78 is 10.8. The predicted molar refractivity (Wildman–Crippen MR) is 51.5 cm³/mol. The van der Waals surface area contributed by atoms with Crippen LogP contribution in [0.1, 0.15) is 11.8 Å². The SMILES string of the molecule is CNC(O)c1ccc2c(c1)OCCO2. The monoisotopic (exact) mass is 195 g/mol. The van der Waals surface area contributed by atoms with Crippen LogP contribution in [0.4, 0.5) is 0 Å². The normalized spacial score (nSPS) is 16.4. The Balaban J connectivity index is 2.29. The summed E-state index contributed by atoms with van der Waals surface area (Å²) in [6.07, 6.45) is -0.661. The lowest BCUT2D eigenvalue weighted by atomic mass is 10.1. The molecule has 2 rings (SSSR count). The third-order valence-electron chi connectivity index (χ3n) is 2.16. The first kappa shape index (κ1) is 9.30. The van der Waals surface area contributed by atoms with Gasteiger partial charge in [-0.05, 0) is 24.7 Å². The van der Waals surface area contributed by atoms with Gasteiger partial charge in [0.1, 0.15) is 19.4 Å². The molecule has 1 aromatic rings. The highest BCUT2D eigenvalue weighted by atomic mass is 16.6. The van der Waals surface area contributed by atoms with Crippen molar-refractivity contribution in [2.75, 3.05) is 20.3 Å². The number of benzene rings is 1. The second-order valence-electron chi connectivity index (χ2n) is 3.09. The van der Waals surface area contributed by atoms with Crippen LogP contribution in [-0.4, -0.2) is 25.4 Å². The smallest absolute Gasteiger partial charge is 0.161 e. The lowest BCUT2D eigenvalue weighted by Gasteiger charge is -2.20. The van der Waals surface area contributed by atoms with Crippen molar-refractivity contribution in [3.63, 3.8) is 0 Å². The van der Waals surface area contributed by atoms with Crippen molar-refractivity contribution in [2.24, 2.45) is 0 Å². The molecule has 0 aliphatic carbocycles. The summed E-state index contributed by atoms with van der Waals surface area (Å²) in [5.74, 6) is 1.44. The van der Waals surface area contributed by atoms with Crippen LogP contribution < -0.4 is 14.8 Å². The van der Waals surface area contributed by atoms with Gasteiger partial charge >= 0.3 is 0 Å². The van der Waals surface area contributed by atoms with E-state index in [2.05, 4.69) is 5.32 Å². The number of hydrogen-bond donors (Lipinski definition) is 2. The van der Waals surface area contributed by atoms with Gasteiger partial charge in [0.25, 0.3) is 0 Å². The first-order chi connectivity index (χ1) is 6.81. The van der Waals surface area contributed by atoms with Gasteiger partial charge in [0.05, 0.1) is 0 Å². The van der Waals surface area contributed by atoms with Gasteiger partial charge in [-0.15, -0.1) is 0 Å². The number of fused-ring (bicyclic) bond motifs is 1. The molecular weight excluding hydrogens is 182 g/mol. The van der Waals surface area contributed by atoms with E-state index < -0.39 is 6.23 Å². The highest BCUT2D eigenvalue weighted by Gasteiger charge is 2.13. The fraction of sp³-hybridized carbons (Fsp3) is 0.400. The number of rotatable bonds is 2. The predicted octanol–water partition coefficient (Wildman–Crippen LogP) is 0.668. The summed E-state index contributed by atoms with van der Waals surface area (Å²) in [7, 11) is 1.70. The fourth-order valence-corrected chi connectivity index (χ4v) is 1.40. The molecule has 0 bridgehead atoms. The Kier molecular flexibility index (Phi) is 2.56. The van der Waals surface area contributed by atoms with Crippen molar-refractivity contribution in [3.05, 3.63) is 23.8 Å². The molecule has 4 heteroatoms. The lowest BCUT2D eigenvalue weighted by Crippen LogP contribution is -2.18. The summed E-state index contributed by atoms with van der Waals surface area (Å²) in [5, 5.41) is 12.3. The Hall–Kier alpha value is -1.26. The van der Waals surface area contributed by atoms with Crippen LogP contribution in [0.3, 0.4) is 0 Å². The van der Waals surface area contributed by atoms with E-state index in [1.807, 2.05) is 12.1 Å². The van der Waals surface area contributed by atoms with E-state index in [0.717, 1.165) is 11.3 Å². The van der Waals surface area contributed by atoms with Gasteiger partial charge in [-0.25, -0.2) is 0 Å². The highest BCUT2D eigenvalue weighted by molar-refractivity contribution is 5.44. The molecule has 0 saturated carbocycles. The van der Waals surface area contributed by atoms with Crippen molar-refractivity contribution >= 4 is 0 Å². The van der Waals surface area contributed by atoms with Gasteiger partial charge in [-0.2, -0.15) is 0 Å². The molecule has 0 radical (unpaired) electrons. The molecule has 4 nitrogen and oxygen atoms in total. The zero-order chi connectivity index (χ0) is 9.97. The maximum Gasteiger partial charge on any atom is 0.161 e. The van der Waals surface area contributed by atoms with Crippen LogP contribution in [0.2, 0.25) is 0 Å². The molecule has 0 amide bonds. The van der Waals surface area contributed by atoms with E-state index in [4.69, 9.17) is 9.47 Å². The molecule has 0 fully saturated rings. The van der Waals surface area contributed by atoms with Gasteiger partial charge < -0.3 is 14.6 Å². The zero-order valence-corrected chi connectivity index (χ0v) is 7.99. The molecule has 1 unspecified atom stereocenters. The Morgan fingerprint density at radius 3 is 2.71 bits per heavy atom. The molecule has 1 atom stereocenters. The number of aliphatic hydroxyl groups is 1. The van der Waals surface area contributed by atoms with Gasteiger partial charge in [-0.3, -0.25) is 5.32 Å². The summed E-state index contributed by atoms with van der Waals surface area (Å²) in [6.45, 7) is 1.15. The van der Waals surface area contributed by atoms with Gasteiger partial charge in [0.15, 0.2) is 11.5 Å². The van der Waals surface area contributed by atoms with Gasteiger partial charge in [-0.1, -0.05) is 6.07 Å². The van der Waals surface area contributed by atoms with Crippen LogP contribution >= 0.6 is 0 Å². The highest BCUT2D eigenvalue weighted by Crippen LogP contribution is 2.31. The van der Waals surface area contributed by atoms with E-state index >= 15 is 0 Å². The quantitative estimate of drug-likeness (QED) is 0.681. The third kappa shape index (κ3) is 1.66. The van der Waals surface area contributed by atoms with Gasteiger partial charge in [0, 0.05) is 0 Å². The topological polar surface area (TPSA) is 50.7 Å². The van der Waals surface area contributed by atoms with E-state index in [0.29, 0.717) is 19.0 Å². The second-order valence-corrected chi connectivity index (χ2v) is 3.09. The molecule has 14 heavy (non-hydrogen) atoms. The Labute approximate surface area is 82.5 Å². The first-order valence-electron chi connectivity index (χ1n) is 4.56. The molecule has 1 heterocycles. The summed E-state index contributed by atoms with van der Waals surface area (Å²) in [5.41, 5.74) is 0.775. The number of aliphatic hydroxyl groups excluding tert-OH is 1.